The number of ether oxygens (including phenoxy) is 2. The molecule has 0 unspecified atom stereocenters. The highest BCUT2D eigenvalue weighted by Gasteiger charge is 2.28. The van der Waals surface area contributed by atoms with Crippen LogP contribution in [0.3, 0.4) is 0 Å². The summed E-state index contributed by atoms with van der Waals surface area (Å²) >= 11 is 0. The Balaban J connectivity index is 2.30. The third-order valence-corrected chi connectivity index (χ3v) is 4.39. The van der Waals surface area contributed by atoms with E-state index in [1.807, 2.05) is 19.9 Å². The van der Waals surface area contributed by atoms with Crippen LogP contribution in [0.1, 0.15) is 50.5 Å². The number of hydrogen-bond acceptors (Lipinski definition) is 5. The van der Waals surface area contributed by atoms with Crippen molar-refractivity contribution in [2.24, 2.45) is 5.92 Å². The molecule has 0 aromatic heterocycles. The van der Waals surface area contributed by atoms with Gasteiger partial charge in [0.2, 0.25) is 5.91 Å². The van der Waals surface area contributed by atoms with Gasteiger partial charge in [0, 0.05) is 11.1 Å². The van der Waals surface area contributed by atoms with Gasteiger partial charge >= 0.3 is 6.09 Å². The average Bonchev–Trinajstić information content (AvgIpc) is 2.70. The number of ketones is 1. The van der Waals surface area contributed by atoms with Crippen LogP contribution < -0.4 is 15.4 Å². The lowest BCUT2D eigenvalue weighted by Crippen LogP contribution is -2.48. The summed E-state index contributed by atoms with van der Waals surface area (Å²) in [6.07, 6.45) is -0.684. The first-order valence-corrected chi connectivity index (χ1v) is 10.1. The lowest BCUT2D eigenvalue weighted by Gasteiger charge is -2.25. The predicted octanol–water partition coefficient (Wildman–Crippen LogP) is 4.41. The van der Waals surface area contributed by atoms with E-state index in [9.17, 15) is 14.4 Å². The number of rotatable bonds is 7. The van der Waals surface area contributed by atoms with Gasteiger partial charge in [0.05, 0.1) is 12.8 Å². The molecule has 0 bridgehead atoms. The Morgan fingerprint density at radius 1 is 0.968 bits per heavy atom. The van der Waals surface area contributed by atoms with Crippen molar-refractivity contribution >= 4 is 23.5 Å². The number of nitrogens with one attached hydrogen (secondary N) is 2. The molecule has 2 rings (SSSR count). The zero-order valence-corrected chi connectivity index (χ0v) is 18.8. The van der Waals surface area contributed by atoms with E-state index in [4.69, 9.17) is 9.47 Å². The Morgan fingerprint density at radius 2 is 1.61 bits per heavy atom. The third-order valence-electron chi connectivity index (χ3n) is 4.39. The summed E-state index contributed by atoms with van der Waals surface area (Å²) in [5.74, 6) is -0.423. The molecule has 0 heterocycles. The van der Waals surface area contributed by atoms with Gasteiger partial charge in [0.1, 0.15) is 17.4 Å². The van der Waals surface area contributed by atoms with Crippen molar-refractivity contribution in [3.8, 4) is 5.75 Å². The number of amides is 2. The first-order chi connectivity index (χ1) is 14.5. The van der Waals surface area contributed by atoms with E-state index in [2.05, 4.69) is 10.6 Å². The predicted molar refractivity (Wildman–Crippen MR) is 119 cm³/mol. The van der Waals surface area contributed by atoms with Gasteiger partial charge in [0.15, 0.2) is 5.78 Å². The molecule has 0 saturated heterocycles. The smallest absolute Gasteiger partial charge is 0.408 e. The molecule has 0 aliphatic heterocycles. The summed E-state index contributed by atoms with van der Waals surface area (Å²) in [5, 5.41) is 5.39. The standard InChI is InChI=1S/C24H30N2O5/c1-15(2)20(26-23(29)31-24(3,4)5)22(28)25-19-13-12-17(30-6)14-18(19)21(27)16-10-8-7-9-11-16/h7-15,20H,1-6H3,(H,25,28)(H,26,29)/t20-/m0/s1. The molecule has 0 saturated carbocycles. The van der Waals surface area contributed by atoms with Crippen LogP contribution in [0.4, 0.5) is 10.5 Å². The monoisotopic (exact) mass is 426 g/mol. The maximum absolute atomic E-state index is 13.1. The van der Waals surface area contributed by atoms with Crippen molar-refractivity contribution < 1.29 is 23.9 Å². The molecule has 31 heavy (non-hydrogen) atoms. The van der Waals surface area contributed by atoms with E-state index in [1.54, 1.807) is 63.2 Å². The Bertz CT molecular complexity index is 933. The highest BCUT2D eigenvalue weighted by molar-refractivity contribution is 6.14. The largest absolute Gasteiger partial charge is 0.497 e. The van der Waals surface area contributed by atoms with Crippen molar-refractivity contribution in [2.45, 2.75) is 46.3 Å². The number of methoxy groups -OCH3 is 1. The maximum Gasteiger partial charge on any atom is 0.408 e. The number of hydrogen-bond donors (Lipinski definition) is 2. The van der Waals surface area contributed by atoms with Crippen molar-refractivity contribution in [1.82, 2.24) is 5.32 Å². The summed E-state index contributed by atoms with van der Waals surface area (Å²) in [6, 6.07) is 12.8. The van der Waals surface area contributed by atoms with Crippen LogP contribution in [0.25, 0.3) is 0 Å². The van der Waals surface area contributed by atoms with Gasteiger partial charge in [0.25, 0.3) is 0 Å². The highest BCUT2D eigenvalue weighted by atomic mass is 16.6. The number of benzene rings is 2. The second kappa shape index (κ2) is 10.1. The fraction of sp³-hybridized carbons (Fsp3) is 0.375. The molecular formula is C24H30N2O5. The summed E-state index contributed by atoms with van der Waals surface area (Å²) in [7, 11) is 1.50. The number of alkyl carbamates (subject to hydrolysis) is 1. The Morgan fingerprint density at radius 3 is 2.16 bits per heavy atom. The average molecular weight is 427 g/mol. The molecule has 0 radical (unpaired) electrons. The lowest BCUT2D eigenvalue weighted by molar-refractivity contribution is -0.119. The second-order valence-electron chi connectivity index (χ2n) is 8.46. The van der Waals surface area contributed by atoms with Gasteiger partial charge in [-0.2, -0.15) is 0 Å². The lowest BCUT2D eigenvalue weighted by atomic mass is 10.00. The quantitative estimate of drug-likeness (QED) is 0.640. The molecule has 2 amide bonds. The van der Waals surface area contributed by atoms with Gasteiger partial charge in [-0.15, -0.1) is 0 Å². The van der Waals surface area contributed by atoms with Gasteiger partial charge in [-0.3, -0.25) is 9.59 Å². The van der Waals surface area contributed by atoms with Gasteiger partial charge in [-0.25, -0.2) is 4.79 Å². The normalized spacial score (nSPS) is 12.1. The van der Waals surface area contributed by atoms with Gasteiger partial charge in [-0.05, 0) is 44.9 Å². The number of carbonyl (C=O) groups excluding carboxylic acids is 3. The van der Waals surface area contributed by atoms with E-state index < -0.39 is 23.6 Å². The van der Waals surface area contributed by atoms with Crippen LogP contribution in [0.5, 0.6) is 5.75 Å². The summed E-state index contributed by atoms with van der Waals surface area (Å²) in [5.41, 5.74) is 0.418. The molecular weight excluding hydrogens is 396 g/mol. The first-order valence-electron chi connectivity index (χ1n) is 10.1. The van der Waals surface area contributed by atoms with E-state index in [0.717, 1.165) is 0 Å². The molecule has 166 valence electrons. The second-order valence-corrected chi connectivity index (χ2v) is 8.46. The fourth-order valence-electron chi connectivity index (χ4n) is 2.87. The van der Waals surface area contributed by atoms with Crippen LogP contribution >= 0.6 is 0 Å². The Kier molecular flexibility index (Phi) is 7.80. The van der Waals surface area contributed by atoms with Gasteiger partial charge in [-0.1, -0.05) is 44.2 Å². The van der Waals surface area contributed by atoms with Crippen LogP contribution in [0, 0.1) is 5.92 Å². The van der Waals surface area contributed by atoms with Crippen molar-refractivity contribution in [3.05, 3.63) is 59.7 Å². The maximum atomic E-state index is 13.1. The van der Waals surface area contributed by atoms with Crippen LogP contribution in [0.15, 0.2) is 48.5 Å². The van der Waals surface area contributed by atoms with Gasteiger partial charge < -0.3 is 20.1 Å². The molecule has 2 aromatic rings. The van der Waals surface area contributed by atoms with Crippen LogP contribution in [-0.4, -0.2) is 36.5 Å². The SMILES string of the molecule is COc1ccc(NC(=O)[C@@H](NC(=O)OC(C)(C)C)C(C)C)c(C(=O)c2ccccc2)c1. The summed E-state index contributed by atoms with van der Waals surface area (Å²) < 4.78 is 10.5. The van der Waals surface area contributed by atoms with Crippen molar-refractivity contribution in [2.75, 3.05) is 12.4 Å². The molecule has 7 heteroatoms. The van der Waals surface area contributed by atoms with Crippen LogP contribution in [-0.2, 0) is 9.53 Å². The third kappa shape index (κ3) is 6.84. The van der Waals surface area contributed by atoms with Crippen molar-refractivity contribution in [1.29, 1.82) is 0 Å². The molecule has 0 aliphatic rings. The topological polar surface area (TPSA) is 93.7 Å². The molecule has 0 spiro atoms. The number of anilines is 1. The molecule has 0 aliphatic carbocycles. The van der Waals surface area contributed by atoms with E-state index in [0.29, 0.717) is 22.6 Å². The molecule has 0 fully saturated rings. The summed E-state index contributed by atoms with van der Waals surface area (Å²) in [6.45, 7) is 8.86. The molecule has 7 nitrogen and oxygen atoms in total. The van der Waals surface area contributed by atoms with E-state index >= 15 is 0 Å². The Hall–Kier alpha value is -3.35. The van der Waals surface area contributed by atoms with E-state index in [1.165, 1.54) is 7.11 Å². The molecule has 2 N–H and O–H groups in total. The minimum absolute atomic E-state index is 0.209. The fourth-order valence-corrected chi connectivity index (χ4v) is 2.87. The first kappa shape index (κ1) is 23.9. The summed E-state index contributed by atoms with van der Waals surface area (Å²) in [4.78, 5) is 38.2. The van der Waals surface area contributed by atoms with E-state index in [-0.39, 0.29) is 11.7 Å². The number of carbonyl (C=O) groups is 3. The zero-order valence-electron chi connectivity index (χ0n) is 18.8. The Labute approximate surface area is 183 Å². The highest BCUT2D eigenvalue weighted by Crippen LogP contribution is 2.25. The van der Waals surface area contributed by atoms with Crippen molar-refractivity contribution in [3.63, 3.8) is 0 Å². The zero-order chi connectivity index (χ0) is 23.2. The minimum Gasteiger partial charge on any atom is -0.497 e. The minimum atomic E-state index is -0.850. The molecule has 1 atom stereocenters. The van der Waals surface area contributed by atoms with Crippen LogP contribution in [0.2, 0.25) is 0 Å². The molecule has 2 aromatic carbocycles.